The molecule has 0 atom stereocenters. The fourth-order valence-corrected chi connectivity index (χ4v) is 7.50. The molecule has 3 heterocycles. The Kier molecular flexibility index (Phi) is 7.01. The highest BCUT2D eigenvalue weighted by Gasteiger charge is 2.37. The molecule has 31 heavy (non-hydrogen) atoms. The Morgan fingerprint density at radius 3 is 2.58 bits per heavy atom. The van der Waals surface area contributed by atoms with Gasteiger partial charge in [-0.25, -0.2) is 17.9 Å². The summed E-state index contributed by atoms with van der Waals surface area (Å²) < 4.78 is 62.4. The molecule has 0 aliphatic carbocycles. The van der Waals surface area contributed by atoms with Crippen LogP contribution in [0.3, 0.4) is 0 Å². The summed E-state index contributed by atoms with van der Waals surface area (Å²) in [6.07, 6.45) is 1.70. The predicted octanol–water partition coefficient (Wildman–Crippen LogP) is 1.71. The van der Waals surface area contributed by atoms with E-state index >= 15 is 0 Å². The topological polar surface area (TPSA) is 119 Å². The summed E-state index contributed by atoms with van der Waals surface area (Å²) in [6, 6.07) is 8.04. The molecule has 170 valence electrons. The molecule has 13 heteroatoms. The van der Waals surface area contributed by atoms with Gasteiger partial charge in [0, 0.05) is 37.0 Å². The van der Waals surface area contributed by atoms with E-state index < -0.39 is 20.0 Å². The van der Waals surface area contributed by atoms with Gasteiger partial charge in [0.1, 0.15) is 14.2 Å². The number of ether oxygens (including phenoxy) is 2. The molecule has 4 rings (SSSR count). The standard InChI is InChI=1S/C18H21N3O6S3.ClH/c1-26-16-4-2-3-14(11-16)21-15(12-20-5-7-27-8-6-20)9-13-10-17(29(19,22)23)28-18(13)30(21,24)25;/h2-4,9-11H,5-8,12H2,1H3,(H2,19,22,23);1H. The number of hydrogen-bond donors (Lipinski definition) is 1. The smallest absolute Gasteiger partial charge is 0.278 e. The average Bonchev–Trinajstić information content (AvgIpc) is 3.14. The number of rotatable bonds is 5. The van der Waals surface area contributed by atoms with Crippen LogP contribution in [0.1, 0.15) is 5.56 Å². The number of halogens is 1. The van der Waals surface area contributed by atoms with Crippen LogP contribution in [0.25, 0.3) is 6.08 Å². The molecule has 0 amide bonds. The molecular weight excluding hydrogens is 486 g/mol. The van der Waals surface area contributed by atoms with E-state index in [2.05, 4.69) is 4.90 Å². The SMILES string of the molecule is COc1cccc(N2C(CN3CCOCC3)=Cc3cc(S(N)(=O)=O)sc3S2(=O)=O)c1.Cl. The molecule has 0 saturated carbocycles. The second-order valence-corrected chi connectivity index (χ2v) is 11.7. The summed E-state index contributed by atoms with van der Waals surface area (Å²) in [4.78, 5) is 2.09. The van der Waals surface area contributed by atoms with Crippen LogP contribution in [0.15, 0.2) is 44.4 Å². The summed E-state index contributed by atoms with van der Waals surface area (Å²) in [6.45, 7) is 2.83. The first-order chi connectivity index (χ1) is 14.2. The molecule has 0 spiro atoms. The fraction of sp³-hybridized carbons (Fsp3) is 0.333. The predicted molar refractivity (Wildman–Crippen MR) is 121 cm³/mol. The molecule has 2 aliphatic rings. The van der Waals surface area contributed by atoms with Gasteiger partial charge in [-0.15, -0.1) is 23.7 Å². The van der Waals surface area contributed by atoms with Crippen LogP contribution in [0.4, 0.5) is 5.69 Å². The number of benzene rings is 1. The summed E-state index contributed by atoms with van der Waals surface area (Å²) >= 11 is 0.654. The number of thiophene rings is 1. The van der Waals surface area contributed by atoms with E-state index in [0.717, 1.165) is 0 Å². The molecule has 1 fully saturated rings. The number of fused-ring (bicyclic) bond motifs is 1. The maximum atomic E-state index is 13.6. The van der Waals surface area contributed by atoms with Crippen molar-refractivity contribution in [1.29, 1.82) is 0 Å². The van der Waals surface area contributed by atoms with Gasteiger partial charge in [-0.05, 0) is 24.3 Å². The lowest BCUT2D eigenvalue weighted by molar-refractivity contribution is 0.0423. The lowest BCUT2D eigenvalue weighted by atomic mass is 10.2. The quantitative estimate of drug-likeness (QED) is 0.654. The second-order valence-electron chi connectivity index (χ2n) is 6.85. The Morgan fingerprint density at radius 2 is 1.94 bits per heavy atom. The highest BCUT2D eigenvalue weighted by molar-refractivity contribution is 7.96. The number of sulfonamides is 2. The molecule has 1 aromatic heterocycles. The van der Waals surface area contributed by atoms with Gasteiger partial charge in [0.15, 0.2) is 0 Å². The minimum Gasteiger partial charge on any atom is -0.497 e. The van der Waals surface area contributed by atoms with Crippen LogP contribution in [-0.2, 0) is 24.8 Å². The van der Waals surface area contributed by atoms with E-state index in [1.54, 1.807) is 30.3 Å². The van der Waals surface area contributed by atoms with Gasteiger partial charge in [0.25, 0.3) is 10.0 Å². The molecule has 1 aromatic carbocycles. The van der Waals surface area contributed by atoms with E-state index in [4.69, 9.17) is 14.6 Å². The molecular formula is C18H22ClN3O6S3. The van der Waals surface area contributed by atoms with Crippen molar-refractivity contribution in [3.8, 4) is 5.75 Å². The van der Waals surface area contributed by atoms with Crippen LogP contribution in [-0.4, -0.2) is 61.7 Å². The first-order valence-corrected chi connectivity index (χ1v) is 12.9. The highest BCUT2D eigenvalue weighted by atomic mass is 35.5. The van der Waals surface area contributed by atoms with Crippen LogP contribution in [0, 0.1) is 0 Å². The molecule has 0 bridgehead atoms. The van der Waals surface area contributed by atoms with E-state index in [0.29, 0.717) is 66.9 Å². The highest BCUT2D eigenvalue weighted by Crippen LogP contribution is 2.41. The molecule has 2 N–H and O–H groups in total. The number of hydrogen-bond acceptors (Lipinski definition) is 8. The van der Waals surface area contributed by atoms with Gasteiger partial charge < -0.3 is 9.47 Å². The van der Waals surface area contributed by atoms with Gasteiger partial charge >= 0.3 is 0 Å². The van der Waals surface area contributed by atoms with E-state index in [1.807, 2.05) is 0 Å². The van der Waals surface area contributed by atoms with Crippen molar-refractivity contribution in [1.82, 2.24) is 4.90 Å². The monoisotopic (exact) mass is 507 g/mol. The Balaban J connectivity index is 0.00000272. The van der Waals surface area contributed by atoms with Crippen molar-refractivity contribution in [2.75, 3.05) is 44.3 Å². The Bertz CT molecular complexity index is 1200. The van der Waals surface area contributed by atoms with Gasteiger partial charge in [0.05, 0.1) is 26.0 Å². The van der Waals surface area contributed by atoms with Crippen LogP contribution < -0.4 is 14.2 Å². The minimum absolute atomic E-state index is 0. The van der Waals surface area contributed by atoms with Crippen molar-refractivity contribution < 1.29 is 26.3 Å². The summed E-state index contributed by atoms with van der Waals surface area (Å²) in [5, 5.41) is 5.24. The van der Waals surface area contributed by atoms with E-state index in [-0.39, 0.29) is 20.8 Å². The normalized spacial score (nSPS) is 18.6. The number of primary sulfonamides is 1. The maximum absolute atomic E-state index is 13.6. The third-order valence-corrected chi connectivity index (χ3v) is 9.70. The van der Waals surface area contributed by atoms with Gasteiger partial charge in [0.2, 0.25) is 10.0 Å². The Labute approximate surface area is 191 Å². The lowest BCUT2D eigenvalue weighted by Crippen LogP contribution is -2.42. The first-order valence-electron chi connectivity index (χ1n) is 9.07. The lowest BCUT2D eigenvalue weighted by Gasteiger charge is -2.34. The number of nitrogens with zero attached hydrogens (tertiary/aromatic N) is 2. The zero-order valence-corrected chi connectivity index (χ0v) is 19.8. The molecule has 2 aromatic rings. The Hall–Kier alpha value is -1.67. The Morgan fingerprint density at radius 1 is 1.23 bits per heavy atom. The van der Waals surface area contributed by atoms with Gasteiger partial charge in [-0.1, -0.05) is 6.07 Å². The van der Waals surface area contributed by atoms with Crippen LogP contribution in [0.2, 0.25) is 0 Å². The van der Waals surface area contributed by atoms with Crippen molar-refractivity contribution >= 4 is 55.6 Å². The molecule has 1 saturated heterocycles. The number of morpholine rings is 1. The first kappa shape index (κ1) is 24.0. The number of anilines is 1. The van der Waals surface area contributed by atoms with Gasteiger partial charge in [-0.2, -0.15) is 8.42 Å². The van der Waals surface area contributed by atoms with Crippen molar-refractivity contribution in [2.45, 2.75) is 8.42 Å². The van der Waals surface area contributed by atoms with Crippen LogP contribution in [0.5, 0.6) is 5.75 Å². The maximum Gasteiger partial charge on any atom is 0.278 e. The van der Waals surface area contributed by atoms with Crippen LogP contribution >= 0.6 is 23.7 Å². The molecule has 0 radical (unpaired) electrons. The average molecular weight is 508 g/mol. The second kappa shape index (κ2) is 9.06. The summed E-state index contributed by atoms with van der Waals surface area (Å²) in [5.41, 5.74) is 1.24. The third-order valence-electron chi connectivity index (χ3n) is 4.82. The molecule has 9 nitrogen and oxygen atoms in total. The largest absolute Gasteiger partial charge is 0.497 e. The van der Waals surface area contributed by atoms with Crippen molar-refractivity contribution in [2.24, 2.45) is 5.14 Å². The van der Waals surface area contributed by atoms with Crippen molar-refractivity contribution in [3.63, 3.8) is 0 Å². The van der Waals surface area contributed by atoms with Gasteiger partial charge in [-0.3, -0.25) is 4.90 Å². The van der Waals surface area contributed by atoms with Crippen molar-refractivity contribution in [3.05, 3.63) is 41.6 Å². The third kappa shape index (κ3) is 4.75. The zero-order valence-electron chi connectivity index (χ0n) is 16.6. The minimum atomic E-state index is -4.05. The van der Waals surface area contributed by atoms with E-state index in [9.17, 15) is 16.8 Å². The fourth-order valence-electron chi connectivity index (χ4n) is 3.42. The molecule has 0 unspecified atom stereocenters. The zero-order chi connectivity index (χ0) is 21.5. The van der Waals surface area contributed by atoms with E-state index in [1.165, 1.54) is 17.5 Å². The summed E-state index contributed by atoms with van der Waals surface area (Å²) in [7, 11) is -6.57. The molecule has 2 aliphatic heterocycles. The number of nitrogens with two attached hydrogens (primary N) is 1. The summed E-state index contributed by atoms with van der Waals surface area (Å²) in [5.74, 6) is 0.510. The number of methoxy groups -OCH3 is 1.